The maximum Gasteiger partial charge on any atom is 0.195 e. The predicted octanol–water partition coefficient (Wildman–Crippen LogP) is 0.810. The van der Waals surface area contributed by atoms with Gasteiger partial charge in [-0.25, -0.2) is 24.9 Å². The minimum absolute atomic E-state index is 0.551. The van der Waals surface area contributed by atoms with Crippen LogP contribution >= 0.6 is 0 Å². The molecule has 6 nitrogen and oxygen atoms in total. The van der Waals surface area contributed by atoms with E-state index in [1.54, 1.807) is 24.7 Å². The van der Waals surface area contributed by atoms with E-state index in [1.807, 2.05) is 0 Å². The Morgan fingerprint density at radius 3 is 2.73 bits per heavy atom. The smallest absolute Gasteiger partial charge is 0.195 e. The van der Waals surface area contributed by atoms with E-state index in [-0.39, 0.29) is 0 Å². The summed E-state index contributed by atoms with van der Waals surface area (Å²) in [5.74, 6) is 1.15. The summed E-state index contributed by atoms with van der Waals surface area (Å²) in [5.41, 5.74) is 1.40. The highest BCUT2D eigenvalue weighted by molar-refractivity contribution is 5.72. The number of aromatic nitrogens is 6. The normalized spacial score (nSPS) is 10.7. The van der Waals surface area contributed by atoms with Crippen LogP contribution in [0.1, 0.15) is 0 Å². The average Bonchev–Trinajstić information content (AvgIpc) is 2.74. The van der Waals surface area contributed by atoms with Crippen LogP contribution in [0.25, 0.3) is 22.8 Å². The Morgan fingerprint density at radius 1 is 1.07 bits per heavy atom. The van der Waals surface area contributed by atoms with E-state index in [9.17, 15) is 0 Å². The van der Waals surface area contributed by atoms with Crippen molar-refractivity contribution >= 4 is 11.2 Å². The molecule has 3 aromatic rings. The zero-order valence-electron chi connectivity index (χ0n) is 7.62. The second-order valence-electron chi connectivity index (χ2n) is 2.92. The second kappa shape index (κ2) is 3.09. The van der Waals surface area contributed by atoms with Gasteiger partial charge in [-0.05, 0) is 6.07 Å². The van der Waals surface area contributed by atoms with Crippen LogP contribution in [0.15, 0.2) is 31.0 Å². The quantitative estimate of drug-likeness (QED) is 0.625. The summed E-state index contributed by atoms with van der Waals surface area (Å²) in [7, 11) is 0. The number of H-pyrrole nitrogens is 1. The van der Waals surface area contributed by atoms with Crippen molar-refractivity contribution in [3.05, 3.63) is 31.0 Å². The molecule has 3 rings (SSSR count). The summed E-state index contributed by atoms with van der Waals surface area (Å²) in [5, 5.41) is 0. The van der Waals surface area contributed by atoms with Crippen molar-refractivity contribution in [3.63, 3.8) is 0 Å². The number of aromatic amines is 1. The third-order valence-electron chi connectivity index (χ3n) is 1.94. The largest absolute Gasteiger partial charge is 0.333 e. The highest BCUT2D eigenvalue weighted by Gasteiger charge is 2.06. The van der Waals surface area contributed by atoms with Crippen molar-refractivity contribution in [2.24, 2.45) is 0 Å². The van der Waals surface area contributed by atoms with E-state index in [1.165, 1.54) is 6.33 Å². The van der Waals surface area contributed by atoms with Crippen LogP contribution in [0, 0.1) is 0 Å². The Morgan fingerprint density at radius 2 is 1.93 bits per heavy atom. The summed E-state index contributed by atoms with van der Waals surface area (Å²) < 4.78 is 0. The van der Waals surface area contributed by atoms with Gasteiger partial charge in [0.25, 0.3) is 0 Å². The van der Waals surface area contributed by atoms with E-state index in [0.717, 1.165) is 5.52 Å². The first kappa shape index (κ1) is 7.98. The van der Waals surface area contributed by atoms with Gasteiger partial charge in [-0.15, -0.1) is 0 Å². The van der Waals surface area contributed by atoms with Crippen molar-refractivity contribution < 1.29 is 0 Å². The zero-order valence-corrected chi connectivity index (χ0v) is 7.62. The molecule has 0 aliphatic rings. The molecule has 0 spiro atoms. The predicted molar refractivity (Wildman–Crippen MR) is 52.7 cm³/mol. The van der Waals surface area contributed by atoms with Gasteiger partial charge >= 0.3 is 0 Å². The fraction of sp³-hybridized carbons (Fsp3) is 0. The zero-order chi connectivity index (χ0) is 10.1. The lowest BCUT2D eigenvalue weighted by Gasteiger charge is -1.90. The number of imidazole rings is 1. The molecule has 0 aliphatic heterocycles. The van der Waals surface area contributed by atoms with Gasteiger partial charge in [0.1, 0.15) is 11.8 Å². The molecule has 3 heterocycles. The molecule has 0 amide bonds. The fourth-order valence-electron chi connectivity index (χ4n) is 1.29. The van der Waals surface area contributed by atoms with Gasteiger partial charge in [-0.2, -0.15) is 0 Å². The molecule has 0 fully saturated rings. The Bertz CT molecular complexity index is 555. The van der Waals surface area contributed by atoms with Crippen molar-refractivity contribution in [2.45, 2.75) is 0 Å². The van der Waals surface area contributed by atoms with E-state index < -0.39 is 0 Å². The molecule has 6 heteroatoms. The number of fused-ring (bicyclic) bond motifs is 1. The van der Waals surface area contributed by atoms with Crippen LogP contribution in [-0.4, -0.2) is 29.9 Å². The molecular formula is C9H6N6. The van der Waals surface area contributed by atoms with E-state index in [0.29, 0.717) is 17.3 Å². The highest BCUT2D eigenvalue weighted by Crippen LogP contribution is 2.13. The van der Waals surface area contributed by atoms with E-state index in [2.05, 4.69) is 29.9 Å². The molecule has 15 heavy (non-hydrogen) atoms. The number of hydrogen-bond donors (Lipinski definition) is 1. The van der Waals surface area contributed by atoms with Gasteiger partial charge in [-0.3, -0.25) is 0 Å². The van der Waals surface area contributed by atoms with Crippen molar-refractivity contribution in [3.8, 4) is 11.6 Å². The van der Waals surface area contributed by atoms with Crippen LogP contribution in [0.4, 0.5) is 0 Å². The second-order valence-corrected chi connectivity index (χ2v) is 2.92. The van der Waals surface area contributed by atoms with Gasteiger partial charge in [-0.1, -0.05) is 0 Å². The molecular weight excluding hydrogens is 192 g/mol. The van der Waals surface area contributed by atoms with Crippen molar-refractivity contribution in [1.29, 1.82) is 0 Å². The molecule has 0 saturated carbocycles. The number of nitrogens with zero attached hydrogens (tertiary/aromatic N) is 5. The Kier molecular flexibility index (Phi) is 1.64. The van der Waals surface area contributed by atoms with Crippen molar-refractivity contribution in [2.75, 3.05) is 0 Å². The van der Waals surface area contributed by atoms with Gasteiger partial charge in [0.15, 0.2) is 17.3 Å². The average molecular weight is 198 g/mol. The lowest BCUT2D eigenvalue weighted by atomic mass is 10.5. The topological polar surface area (TPSA) is 80.2 Å². The van der Waals surface area contributed by atoms with E-state index >= 15 is 0 Å². The summed E-state index contributed by atoms with van der Waals surface area (Å²) >= 11 is 0. The summed E-state index contributed by atoms with van der Waals surface area (Å²) in [6.07, 6.45) is 6.46. The number of rotatable bonds is 1. The lowest BCUT2D eigenvalue weighted by Crippen LogP contribution is -1.87. The van der Waals surface area contributed by atoms with Crippen LogP contribution in [-0.2, 0) is 0 Å². The first-order valence-electron chi connectivity index (χ1n) is 4.36. The third-order valence-corrected chi connectivity index (χ3v) is 1.94. The first-order valence-corrected chi connectivity index (χ1v) is 4.36. The molecule has 72 valence electrons. The first-order chi connectivity index (χ1) is 7.43. The van der Waals surface area contributed by atoms with Gasteiger partial charge in [0.2, 0.25) is 0 Å². The molecule has 0 saturated heterocycles. The minimum atomic E-state index is 0.551. The van der Waals surface area contributed by atoms with Gasteiger partial charge in [0.05, 0.1) is 6.20 Å². The Labute approximate surface area is 84.5 Å². The van der Waals surface area contributed by atoms with Crippen LogP contribution in [0.3, 0.4) is 0 Å². The van der Waals surface area contributed by atoms with Gasteiger partial charge in [0, 0.05) is 12.4 Å². The number of nitrogens with one attached hydrogen (secondary N) is 1. The highest BCUT2D eigenvalue weighted by atomic mass is 15.1. The van der Waals surface area contributed by atoms with Crippen LogP contribution in [0.5, 0.6) is 0 Å². The van der Waals surface area contributed by atoms with E-state index in [4.69, 9.17) is 0 Å². The molecule has 0 bridgehead atoms. The summed E-state index contributed by atoms with van der Waals surface area (Å²) in [4.78, 5) is 23.4. The Balaban J connectivity index is 2.21. The monoisotopic (exact) mass is 198 g/mol. The maximum absolute atomic E-state index is 4.25. The Hall–Kier alpha value is -2.37. The fourth-order valence-corrected chi connectivity index (χ4v) is 1.29. The molecule has 0 atom stereocenters. The standard InChI is InChI=1S/C9H6N6/c1-2-11-8(12-3-1)9-14-6-4-10-5-13-7(6)15-9/h1-5H,(H,10,13,14,15). The summed E-state index contributed by atoms with van der Waals surface area (Å²) in [6.45, 7) is 0. The van der Waals surface area contributed by atoms with Gasteiger partial charge < -0.3 is 4.98 Å². The molecule has 3 aromatic heterocycles. The molecule has 1 N–H and O–H groups in total. The van der Waals surface area contributed by atoms with Crippen LogP contribution < -0.4 is 0 Å². The lowest BCUT2D eigenvalue weighted by molar-refractivity contribution is 1.12. The third kappa shape index (κ3) is 1.32. The van der Waals surface area contributed by atoms with Crippen molar-refractivity contribution in [1.82, 2.24) is 29.9 Å². The SMILES string of the molecule is c1cnc(-c2nc3ncncc3[nH]2)nc1. The number of hydrogen-bond acceptors (Lipinski definition) is 5. The minimum Gasteiger partial charge on any atom is -0.333 e. The molecule has 0 unspecified atom stereocenters. The molecule has 0 aromatic carbocycles. The summed E-state index contributed by atoms with van der Waals surface area (Å²) in [6, 6.07) is 1.76. The maximum atomic E-state index is 4.25. The van der Waals surface area contributed by atoms with Crippen LogP contribution in [0.2, 0.25) is 0 Å². The molecule has 0 aliphatic carbocycles. The molecule has 0 radical (unpaired) electrons.